The molecule has 0 aliphatic heterocycles. The van der Waals surface area contributed by atoms with E-state index in [1.165, 1.54) is 19.2 Å². The molecule has 94 valence electrons. The summed E-state index contributed by atoms with van der Waals surface area (Å²) in [4.78, 5) is 11.1. The maximum Gasteiger partial charge on any atom is 0.305 e. The molecule has 0 bridgehead atoms. The van der Waals surface area contributed by atoms with Gasteiger partial charge in [0.05, 0.1) is 19.6 Å². The SMILES string of the molecule is COC(=O)CC(C)C(O)c1ccc(Br)cc1F. The summed E-state index contributed by atoms with van der Waals surface area (Å²) in [6.45, 7) is 1.67. The van der Waals surface area contributed by atoms with Gasteiger partial charge >= 0.3 is 5.97 Å². The van der Waals surface area contributed by atoms with Crippen molar-refractivity contribution in [3.63, 3.8) is 0 Å². The number of ether oxygens (including phenoxy) is 1. The van der Waals surface area contributed by atoms with Crippen LogP contribution in [0.3, 0.4) is 0 Å². The summed E-state index contributed by atoms with van der Waals surface area (Å²) in [6, 6.07) is 4.42. The molecule has 0 spiro atoms. The van der Waals surface area contributed by atoms with Crippen LogP contribution in [0.2, 0.25) is 0 Å². The van der Waals surface area contributed by atoms with Crippen LogP contribution in [0.25, 0.3) is 0 Å². The highest BCUT2D eigenvalue weighted by Crippen LogP contribution is 2.28. The molecule has 1 rings (SSSR count). The smallest absolute Gasteiger partial charge is 0.305 e. The van der Waals surface area contributed by atoms with Gasteiger partial charge < -0.3 is 9.84 Å². The van der Waals surface area contributed by atoms with E-state index in [1.54, 1.807) is 13.0 Å². The molecule has 0 heterocycles. The van der Waals surface area contributed by atoms with E-state index in [1.807, 2.05) is 0 Å². The van der Waals surface area contributed by atoms with Crippen LogP contribution in [0.5, 0.6) is 0 Å². The number of hydrogen-bond acceptors (Lipinski definition) is 3. The standard InChI is InChI=1S/C12H14BrFO3/c1-7(5-11(15)17-2)12(16)9-4-3-8(13)6-10(9)14/h3-4,6-7,12,16H,5H2,1-2H3. The van der Waals surface area contributed by atoms with Crippen LogP contribution in [-0.4, -0.2) is 18.2 Å². The van der Waals surface area contributed by atoms with Crippen molar-refractivity contribution in [2.75, 3.05) is 7.11 Å². The first kappa shape index (κ1) is 14.1. The number of rotatable bonds is 4. The van der Waals surface area contributed by atoms with Crippen molar-refractivity contribution >= 4 is 21.9 Å². The number of aliphatic hydroxyl groups is 1. The minimum atomic E-state index is -1.03. The topological polar surface area (TPSA) is 46.5 Å². The molecular formula is C12H14BrFO3. The van der Waals surface area contributed by atoms with Crippen molar-refractivity contribution in [2.45, 2.75) is 19.4 Å². The number of benzene rings is 1. The molecule has 2 unspecified atom stereocenters. The first-order valence-electron chi connectivity index (χ1n) is 5.15. The molecule has 1 N–H and O–H groups in total. The Balaban J connectivity index is 2.81. The van der Waals surface area contributed by atoms with Gasteiger partial charge in [-0.15, -0.1) is 0 Å². The number of carbonyl (C=O) groups is 1. The third-order valence-electron chi connectivity index (χ3n) is 2.54. The van der Waals surface area contributed by atoms with E-state index < -0.39 is 23.8 Å². The molecule has 0 aliphatic carbocycles. The molecule has 2 atom stereocenters. The van der Waals surface area contributed by atoms with Crippen molar-refractivity contribution in [3.05, 3.63) is 34.1 Å². The molecule has 3 nitrogen and oxygen atoms in total. The Labute approximate surface area is 108 Å². The van der Waals surface area contributed by atoms with Gasteiger partial charge in [0.1, 0.15) is 5.82 Å². The first-order valence-corrected chi connectivity index (χ1v) is 5.94. The van der Waals surface area contributed by atoms with E-state index >= 15 is 0 Å². The van der Waals surface area contributed by atoms with Gasteiger partial charge in [0.2, 0.25) is 0 Å². The van der Waals surface area contributed by atoms with Crippen LogP contribution in [-0.2, 0) is 9.53 Å². The first-order chi connectivity index (χ1) is 7.95. The van der Waals surface area contributed by atoms with Crippen molar-refractivity contribution < 1.29 is 19.0 Å². The fourth-order valence-corrected chi connectivity index (χ4v) is 1.84. The van der Waals surface area contributed by atoms with E-state index in [0.29, 0.717) is 4.47 Å². The van der Waals surface area contributed by atoms with Gasteiger partial charge in [-0.05, 0) is 18.1 Å². The number of esters is 1. The molecule has 17 heavy (non-hydrogen) atoms. The highest BCUT2D eigenvalue weighted by atomic mass is 79.9. The lowest BCUT2D eigenvalue weighted by Gasteiger charge is -2.18. The zero-order valence-corrected chi connectivity index (χ0v) is 11.2. The van der Waals surface area contributed by atoms with E-state index in [4.69, 9.17) is 0 Å². The summed E-state index contributed by atoms with van der Waals surface area (Å²) in [5.74, 6) is -1.32. The molecule has 0 radical (unpaired) electrons. The Morgan fingerprint density at radius 2 is 2.24 bits per heavy atom. The minimum Gasteiger partial charge on any atom is -0.469 e. The Bertz CT molecular complexity index is 409. The van der Waals surface area contributed by atoms with Crippen LogP contribution in [0, 0.1) is 11.7 Å². The normalized spacial score (nSPS) is 14.2. The molecule has 0 aromatic heterocycles. The van der Waals surface area contributed by atoms with Crippen LogP contribution in [0.4, 0.5) is 4.39 Å². The largest absolute Gasteiger partial charge is 0.469 e. The summed E-state index contributed by atoms with van der Waals surface area (Å²) >= 11 is 3.14. The number of halogens is 2. The predicted molar refractivity (Wildman–Crippen MR) is 64.9 cm³/mol. The summed E-state index contributed by atoms with van der Waals surface area (Å²) in [7, 11) is 1.28. The van der Waals surface area contributed by atoms with Gasteiger partial charge in [-0.1, -0.05) is 28.9 Å². The van der Waals surface area contributed by atoms with Crippen molar-refractivity contribution in [2.24, 2.45) is 5.92 Å². The fraction of sp³-hybridized carbons (Fsp3) is 0.417. The van der Waals surface area contributed by atoms with Crippen molar-refractivity contribution in [1.82, 2.24) is 0 Å². The molecule has 0 fully saturated rings. The second kappa shape index (κ2) is 6.12. The summed E-state index contributed by atoms with van der Waals surface area (Å²) in [5, 5.41) is 9.94. The maximum atomic E-state index is 13.6. The highest BCUT2D eigenvalue weighted by molar-refractivity contribution is 9.10. The van der Waals surface area contributed by atoms with Gasteiger partial charge in [-0.3, -0.25) is 4.79 Å². The average molecular weight is 305 g/mol. The predicted octanol–water partition coefficient (Wildman–Crippen LogP) is 2.82. The second-order valence-corrected chi connectivity index (χ2v) is 4.78. The van der Waals surface area contributed by atoms with Gasteiger partial charge in [0.25, 0.3) is 0 Å². The quantitative estimate of drug-likeness (QED) is 0.870. The summed E-state index contributed by atoms with van der Waals surface area (Å²) < 4.78 is 18.7. The summed E-state index contributed by atoms with van der Waals surface area (Å²) in [6.07, 6.45) is -0.977. The van der Waals surface area contributed by atoms with E-state index in [0.717, 1.165) is 0 Å². The molecular weight excluding hydrogens is 291 g/mol. The van der Waals surface area contributed by atoms with Gasteiger partial charge in [-0.25, -0.2) is 4.39 Å². The van der Waals surface area contributed by atoms with Crippen LogP contribution < -0.4 is 0 Å². The highest BCUT2D eigenvalue weighted by Gasteiger charge is 2.22. The third kappa shape index (κ3) is 3.78. The van der Waals surface area contributed by atoms with Crippen molar-refractivity contribution in [3.8, 4) is 0 Å². The lowest BCUT2D eigenvalue weighted by molar-refractivity contribution is -0.142. The number of carbonyl (C=O) groups excluding carboxylic acids is 1. The molecule has 0 saturated heterocycles. The Morgan fingerprint density at radius 1 is 1.59 bits per heavy atom. The van der Waals surface area contributed by atoms with E-state index in [9.17, 15) is 14.3 Å². The minimum absolute atomic E-state index is 0.0488. The molecule has 0 aliphatic rings. The van der Waals surface area contributed by atoms with E-state index in [-0.39, 0.29) is 12.0 Å². The van der Waals surface area contributed by atoms with Crippen molar-refractivity contribution in [1.29, 1.82) is 0 Å². The molecule has 0 amide bonds. The average Bonchev–Trinajstić information content (AvgIpc) is 2.28. The number of methoxy groups -OCH3 is 1. The zero-order valence-electron chi connectivity index (χ0n) is 9.61. The lowest BCUT2D eigenvalue weighted by Crippen LogP contribution is -2.16. The lowest BCUT2D eigenvalue weighted by atomic mass is 9.94. The Hall–Kier alpha value is -0.940. The van der Waals surface area contributed by atoms with Crippen LogP contribution in [0.15, 0.2) is 22.7 Å². The fourth-order valence-electron chi connectivity index (χ4n) is 1.51. The maximum absolute atomic E-state index is 13.6. The van der Waals surface area contributed by atoms with E-state index in [2.05, 4.69) is 20.7 Å². The monoisotopic (exact) mass is 304 g/mol. The molecule has 0 saturated carbocycles. The molecule has 5 heteroatoms. The molecule has 1 aromatic carbocycles. The number of aliphatic hydroxyl groups excluding tert-OH is 1. The van der Waals surface area contributed by atoms with Crippen LogP contribution in [0.1, 0.15) is 25.0 Å². The zero-order chi connectivity index (χ0) is 13.0. The number of hydrogen-bond donors (Lipinski definition) is 1. The van der Waals surface area contributed by atoms with Gasteiger partial charge in [0.15, 0.2) is 0 Å². The summed E-state index contributed by atoms with van der Waals surface area (Å²) in [5.41, 5.74) is 0.185. The van der Waals surface area contributed by atoms with Gasteiger partial charge in [-0.2, -0.15) is 0 Å². The molecule has 1 aromatic rings. The third-order valence-corrected chi connectivity index (χ3v) is 3.03. The van der Waals surface area contributed by atoms with Gasteiger partial charge in [0, 0.05) is 10.0 Å². The van der Waals surface area contributed by atoms with Crippen LogP contribution >= 0.6 is 15.9 Å². The Morgan fingerprint density at radius 3 is 2.76 bits per heavy atom. The Kier molecular flexibility index (Phi) is 5.08. The second-order valence-electron chi connectivity index (χ2n) is 3.87.